The Labute approximate surface area is 274 Å². The second-order valence-corrected chi connectivity index (χ2v) is 12.8. The summed E-state index contributed by atoms with van der Waals surface area (Å²) in [6.45, 7) is -0.327. The van der Waals surface area contributed by atoms with E-state index in [1.807, 2.05) is 24.3 Å². The molecule has 8 aromatic rings. The van der Waals surface area contributed by atoms with Gasteiger partial charge < -0.3 is 18.9 Å². The quantitative estimate of drug-likeness (QED) is 0.214. The molecule has 8 heteroatoms. The van der Waals surface area contributed by atoms with E-state index < -0.39 is 0 Å². The van der Waals surface area contributed by atoms with Crippen molar-refractivity contribution >= 4 is 78.8 Å². The monoisotopic (exact) mass is 614 g/mol. The highest BCUT2D eigenvalue weighted by Crippen LogP contribution is 2.44. The summed E-state index contributed by atoms with van der Waals surface area (Å²) in [5.41, 5.74) is 7.21. The van der Waals surface area contributed by atoms with Gasteiger partial charge in [-0.1, -0.05) is 97.1 Å². The molecule has 4 aliphatic heterocycles. The molecular formula is C40H20B2N2O4. The van der Waals surface area contributed by atoms with Crippen molar-refractivity contribution in [3.8, 4) is 46.3 Å². The minimum atomic E-state index is -0.164. The predicted molar refractivity (Wildman–Crippen MR) is 190 cm³/mol. The lowest BCUT2D eigenvalue weighted by Crippen LogP contribution is -2.58. The van der Waals surface area contributed by atoms with Gasteiger partial charge in [-0.3, -0.25) is 0 Å². The fourth-order valence-electron chi connectivity index (χ4n) is 8.35. The van der Waals surface area contributed by atoms with Crippen LogP contribution in [0, 0.1) is 0 Å². The number of benzene rings is 6. The molecule has 0 saturated carbocycles. The van der Waals surface area contributed by atoms with Crippen LogP contribution in [0.2, 0.25) is 0 Å². The zero-order chi connectivity index (χ0) is 31.1. The molecule has 0 amide bonds. The highest BCUT2D eigenvalue weighted by atomic mass is 16.5. The molecule has 0 N–H and O–H groups in total. The van der Waals surface area contributed by atoms with Crippen LogP contribution in [-0.2, 0) is 0 Å². The van der Waals surface area contributed by atoms with E-state index in [9.17, 15) is 0 Å². The summed E-state index contributed by atoms with van der Waals surface area (Å²) in [6.07, 6.45) is 0. The van der Waals surface area contributed by atoms with Crippen LogP contribution in [-0.4, -0.2) is 23.4 Å². The van der Waals surface area contributed by atoms with Crippen LogP contribution in [0.3, 0.4) is 0 Å². The largest absolute Gasteiger partial charge is 0.456 e. The van der Waals surface area contributed by atoms with Gasteiger partial charge in [-0.15, -0.1) is 0 Å². The van der Waals surface area contributed by atoms with Crippen molar-refractivity contribution in [2.45, 2.75) is 0 Å². The van der Waals surface area contributed by atoms with Gasteiger partial charge in [0.1, 0.15) is 34.0 Å². The van der Waals surface area contributed by atoms with Crippen LogP contribution in [0.15, 0.2) is 121 Å². The first-order valence-corrected chi connectivity index (χ1v) is 16.1. The van der Waals surface area contributed by atoms with Gasteiger partial charge in [0.15, 0.2) is 11.5 Å². The number of hydrogen-bond acceptors (Lipinski definition) is 6. The van der Waals surface area contributed by atoms with Gasteiger partial charge in [0, 0.05) is 10.9 Å². The molecule has 0 fully saturated rings. The summed E-state index contributed by atoms with van der Waals surface area (Å²) in [5, 5.41) is 4.57. The predicted octanol–water partition coefficient (Wildman–Crippen LogP) is 5.39. The Balaban J connectivity index is 1.19. The first-order valence-electron chi connectivity index (χ1n) is 16.1. The lowest BCUT2D eigenvalue weighted by Gasteiger charge is -2.35. The maximum absolute atomic E-state index is 6.80. The summed E-state index contributed by atoms with van der Waals surface area (Å²) < 4.78 is 27.0. The van der Waals surface area contributed by atoms with Crippen LogP contribution < -0.4 is 51.7 Å². The molecule has 6 heterocycles. The van der Waals surface area contributed by atoms with Gasteiger partial charge in [-0.2, -0.15) is 0 Å². The van der Waals surface area contributed by atoms with Gasteiger partial charge >= 0.3 is 0 Å². The summed E-state index contributed by atoms with van der Waals surface area (Å²) in [7, 11) is 0. The Bertz CT molecular complexity index is 2590. The first-order chi connectivity index (χ1) is 23.8. The van der Waals surface area contributed by atoms with Crippen molar-refractivity contribution in [3.63, 3.8) is 0 Å². The number of fused-ring (bicyclic) bond motifs is 15. The normalized spacial score (nSPS) is 14.0. The molecule has 0 bridgehead atoms. The van der Waals surface area contributed by atoms with E-state index in [0.29, 0.717) is 34.3 Å². The van der Waals surface area contributed by atoms with Crippen molar-refractivity contribution < 1.29 is 18.9 Å². The Morgan fingerprint density at radius 3 is 1.31 bits per heavy atom. The van der Waals surface area contributed by atoms with Gasteiger partial charge in [-0.05, 0) is 67.7 Å². The molecule has 220 valence electrons. The molecule has 0 aliphatic carbocycles. The van der Waals surface area contributed by atoms with Crippen LogP contribution in [0.25, 0.3) is 32.6 Å². The van der Waals surface area contributed by atoms with E-state index in [2.05, 4.69) is 97.1 Å². The van der Waals surface area contributed by atoms with Crippen molar-refractivity contribution in [1.82, 2.24) is 9.97 Å². The molecule has 0 radical (unpaired) electrons. The molecule has 6 aromatic carbocycles. The van der Waals surface area contributed by atoms with E-state index >= 15 is 0 Å². The number of pyridine rings is 2. The Hall–Kier alpha value is -6.27. The molecule has 0 spiro atoms. The average molecular weight is 614 g/mol. The standard InChI is InChI=1S/C40H20B2N2O4/c1-3-11-23-21(9-1)17-19-29-31(23)41-25-13-5-7-15-27(25)45-37-33(41)39(47-29)43-36-35(37)44-40-34-38(36)46-28-16-8-6-14-26(28)42(34)32-24-12-4-2-10-22(24)18-20-30(32)48-40/h1-20H. The number of aromatic nitrogens is 2. The lowest BCUT2D eigenvalue weighted by molar-refractivity contribution is 0.443. The summed E-state index contributed by atoms with van der Waals surface area (Å²) in [6, 6.07) is 41.6. The topological polar surface area (TPSA) is 62.7 Å². The van der Waals surface area contributed by atoms with Crippen LogP contribution >= 0.6 is 0 Å². The molecule has 6 nitrogen and oxygen atoms in total. The number of ether oxygens (including phenoxy) is 4. The number of nitrogens with zero attached hydrogens (tertiary/aromatic N) is 2. The first kappa shape index (κ1) is 24.9. The third-order valence-corrected chi connectivity index (χ3v) is 10.3. The molecule has 12 rings (SSSR count). The maximum atomic E-state index is 6.80. The molecular weight excluding hydrogens is 594 g/mol. The van der Waals surface area contributed by atoms with Crippen LogP contribution in [0.4, 0.5) is 0 Å². The lowest BCUT2D eigenvalue weighted by atomic mass is 9.34. The van der Waals surface area contributed by atoms with Gasteiger partial charge in [-0.25, -0.2) is 9.97 Å². The van der Waals surface area contributed by atoms with E-state index in [1.165, 1.54) is 0 Å². The molecule has 0 atom stereocenters. The second-order valence-electron chi connectivity index (χ2n) is 12.8. The van der Waals surface area contributed by atoms with Gasteiger partial charge in [0.25, 0.3) is 13.4 Å². The number of hydrogen-bond donors (Lipinski definition) is 0. The second kappa shape index (κ2) is 8.75. The summed E-state index contributed by atoms with van der Waals surface area (Å²) in [4.78, 5) is 10.5. The minimum absolute atomic E-state index is 0.164. The zero-order valence-corrected chi connectivity index (χ0v) is 25.2. The van der Waals surface area contributed by atoms with E-state index in [-0.39, 0.29) is 13.4 Å². The Morgan fingerprint density at radius 2 is 0.812 bits per heavy atom. The Kier molecular flexibility index (Phi) is 4.54. The minimum Gasteiger partial charge on any atom is -0.456 e. The van der Waals surface area contributed by atoms with Gasteiger partial charge in [0.05, 0.1) is 0 Å². The zero-order valence-electron chi connectivity index (χ0n) is 25.2. The number of para-hydroxylation sites is 2. The van der Waals surface area contributed by atoms with Crippen LogP contribution in [0.5, 0.6) is 46.3 Å². The molecule has 0 unspecified atom stereocenters. The van der Waals surface area contributed by atoms with Crippen LogP contribution in [0.1, 0.15) is 0 Å². The average Bonchev–Trinajstić information content (AvgIpc) is 3.14. The third-order valence-electron chi connectivity index (χ3n) is 10.3. The molecule has 2 aromatic heterocycles. The molecule has 4 aliphatic rings. The molecule has 48 heavy (non-hydrogen) atoms. The number of rotatable bonds is 0. The van der Waals surface area contributed by atoms with Crippen molar-refractivity contribution in [1.29, 1.82) is 0 Å². The Morgan fingerprint density at radius 1 is 0.375 bits per heavy atom. The maximum Gasteiger partial charge on any atom is 0.263 e. The fraction of sp³-hybridized carbons (Fsp3) is 0. The van der Waals surface area contributed by atoms with Gasteiger partial charge in [0.2, 0.25) is 11.8 Å². The SMILES string of the molecule is c1ccc2c(c1)Oc1c3c(nc4c5c6c(nc14)Oc1ccc4ccccc4c1B6c1ccccc1O5)Oc1ccc4ccccc4c1B23. The van der Waals surface area contributed by atoms with E-state index in [4.69, 9.17) is 28.9 Å². The van der Waals surface area contributed by atoms with E-state index in [0.717, 1.165) is 77.3 Å². The van der Waals surface area contributed by atoms with Crippen molar-refractivity contribution in [2.24, 2.45) is 0 Å². The third kappa shape index (κ3) is 3.05. The smallest absolute Gasteiger partial charge is 0.263 e. The van der Waals surface area contributed by atoms with Crippen molar-refractivity contribution in [2.75, 3.05) is 0 Å². The molecule has 0 saturated heterocycles. The van der Waals surface area contributed by atoms with Crippen molar-refractivity contribution in [3.05, 3.63) is 121 Å². The highest BCUT2D eigenvalue weighted by Gasteiger charge is 2.47. The summed E-state index contributed by atoms with van der Waals surface area (Å²) in [5.74, 6) is 5.36. The van der Waals surface area contributed by atoms with E-state index in [1.54, 1.807) is 0 Å². The summed E-state index contributed by atoms with van der Waals surface area (Å²) >= 11 is 0. The highest BCUT2D eigenvalue weighted by molar-refractivity contribution is 7.00. The fourth-order valence-corrected chi connectivity index (χ4v) is 8.35.